The number of nitrogens with one attached hydrogen (secondary N) is 1. The van der Waals surface area contributed by atoms with E-state index in [0.29, 0.717) is 26.2 Å². The van der Waals surface area contributed by atoms with Gasteiger partial charge in [0.1, 0.15) is 11.6 Å². The van der Waals surface area contributed by atoms with Crippen LogP contribution in [0.3, 0.4) is 0 Å². The van der Waals surface area contributed by atoms with Crippen LogP contribution in [0.1, 0.15) is 23.6 Å². The monoisotopic (exact) mass is 328 g/mol. The lowest BCUT2D eigenvalue weighted by Crippen LogP contribution is -2.42. The van der Waals surface area contributed by atoms with Gasteiger partial charge in [0.05, 0.1) is 6.61 Å². The molecule has 0 aromatic heterocycles. The number of benzene rings is 2. The number of urea groups is 1. The molecule has 4 nitrogen and oxygen atoms in total. The molecule has 1 heterocycles. The summed E-state index contributed by atoms with van der Waals surface area (Å²) >= 11 is 0. The molecule has 1 N–H and O–H groups in total. The minimum Gasteiger partial charge on any atom is -0.494 e. The van der Waals surface area contributed by atoms with Crippen molar-refractivity contribution < 1.29 is 13.9 Å². The van der Waals surface area contributed by atoms with Gasteiger partial charge in [-0.05, 0) is 54.3 Å². The van der Waals surface area contributed by atoms with Crippen molar-refractivity contribution >= 4 is 6.03 Å². The number of hydrogen-bond donors (Lipinski definition) is 1. The second-order valence-electron chi connectivity index (χ2n) is 5.82. The SMILES string of the molecule is CCOc1ccc2c(c1)CN(C(=O)NCc1cccc(F)c1)CC2. The Morgan fingerprint density at radius 1 is 1.25 bits per heavy atom. The lowest BCUT2D eigenvalue weighted by atomic mass is 10.00. The van der Waals surface area contributed by atoms with Crippen LogP contribution in [0.2, 0.25) is 0 Å². The highest BCUT2D eigenvalue weighted by atomic mass is 19.1. The van der Waals surface area contributed by atoms with Gasteiger partial charge in [-0.1, -0.05) is 18.2 Å². The first-order valence-electron chi connectivity index (χ1n) is 8.17. The molecular weight excluding hydrogens is 307 g/mol. The fourth-order valence-electron chi connectivity index (χ4n) is 2.90. The second kappa shape index (κ2) is 7.34. The summed E-state index contributed by atoms with van der Waals surface area (Å²) in [6.07, 6.45) is 0.828. The lowest BCUT2D eigenvalue weighted by molar-refractivity contribution is 0.191. The number of halogens is 1. The largest absolute Gasteiger partial charge is 0.494 e. The molecule has 1 aliphatic heterocycles. The Morgan fingerprint density at radius 2 is 2.12 bits per heavy atom. The number of carbonyl (C=O) groups excluding carboxylic acids is 1. The maximum Gasteiger partial charge on any atom is 0.317 e. The summed E-state index contributed by atoms with van der Waals surface area (Å²) in [6.45, 7) is 4.13. The number of hydrogen-bond acceptors (Lipinski definition) is 2. The fourth-order valence-corrected chi connectivity index (χ4v) is 2.90. The summed E-state index contributed by atoms with van der Waals surface area (Å²) in [4.78, 5) is 14.1. The van der Waals surface area contributed by atoms with Crippen LogP contribution in [0.5, 0.6) is 5.75 Å². The van der Waals surface area contributed by atoms with E-state index in [1.807, 2.05) is 19.1 Å². The molecule has 0 aliphatic carbocycles. The molecule has 2 amide bonds. The Bertz CT molecular complexity index is 733. The molecule has 0 saturated heterocycles. The van der Waals surface area contributed by atoms with Crippen molar-refractivity contribution in [3.05, 3.63) is 65.0 Å². The summed E-state index contributed by atoms with van der Waals surface area (Å²) in [7, 11) is 0. The molecule has 0 saturated carbocycles. The first kappa shape index (κ1) is 16.3. The van der Waals surface area contributed by atoms with Gasteiger partial charge >= 0.3 is 6.03 Å². The summed E-state index contributed by atoms with van der Waals surface area (Å²) in [5.41, 5.74) is 3.13. The van der Waals surface area contributed by atoms with Gasteiger partial charge in [0.25, 0.3) is 0 Å². The first-order valence-corrected chi connectivity index (χ1v) is 8.17. The average Bonchev–Trinajstić information content (AvgIpc) is 2.59. The minimum absolute atomic E-state index is 0.133. The topological polar surface area (TPSA) is 41.6 Å². The number of fused-ring (bicyclic) bond motifs is 1. The van der Waals surface area contributed by atoms with Crippen molar-refractivity contribution in [1.29, 1.82) is 0 Å². The van der Waals surface area contributed by atoms with Gasteiger partial charge in [0, 0.05) is 19.6 Å². The quantitative estimate of drug-likeness (QED) is 0.933. The zero-order valence-electron chi connectivity index (χ0n) is 13.7. The molecule has 126 valence electrons. The molecule has 3 rings (SSSR count). The van der Waals surface area contributed by atoms with Crippen molar-refractivity contribution in [3.63, 3.8) is 0 Å². The van der Waals surface area contributed by atoms with Crippen molar-refractivity contribution in [2.75, 3.05) is 13.2 Å². The third-order valence-electron chi connectivity index (χ3n) is 4.12. The van der Waals surface area contributed by atoms with Gasteiger partial charge in [-0.25, -0.2) is 9.18 Å². The first-order chi connectivity index (χ1) is 11.7. The van der Waals surface area contributed by atoms with Crippen molar-refractivity contribution in [2.24, 2.45) is 0 Å². The predicted octanol–water partition coefficient (Wildman–Crippen LogP) is 3.49. The van der Waals surface area contributed by atoms with E-state index in [2.05, 4.69) is 11.4 Å². The third-order valence-corrected chi connectivity index (χ3v) is 4.12. The van der Waals surface area contributed by atoms with Crippen molar-refractivity contribution in [2.45, 2.75) is 26.4 Å². The molecule has 0 spiro atoms. The maximum atomic E-state index is 13.2. The van der Waals surface area contributed by atoms with Gasteiger partial charge in [0.15, 0.2) is 0 Å². The van der Waals surface area contributed by atoms with Crippen LogP contribution in [0.4, 0.5) is 9.18 Å². The Morgan fingerprint density at radius 3 is 2.92 bits per heavy atom. The van der Waals surface area contributed by atoms with E-state index < -0.39 is 0 Å². The molecule has 24 heavy (non-hydrogen) atoms. The molecule has 0 radical (unpaired) electrons. The third kappa shape index (κ3) is 3.85. The fraction of sp³-hybridized carbons (Fsp3) is 0.316. The molecule has 0 bridgehead atoms. The van der Waals surface area contributed by atoms with E-state index in [-0.39, 0.29) is 11.8 Å². The summed E-state index contributed by atoms with van der Waals surface area (Å²) in [5, 5.41) is 2.86. The van der Waals surface area contributed by atoms with Crippen molar-refractivity contribution in [1.82, 2.24) is 10.2 Å². The Balaban J connectivity index is 1.61. The standard InChI is InChI=1S/C19H21FN2O2/c1-2-24-18-7-6-15-8-9-22(13-16(15)11-18)19(23)21-12-14-4-3-5-17(20)10-14/h3-7,10-11H,2,8-9,12-13H2,1H3,(H,21,23). The Hall–Kier alpha value is -2.56. The molecule has 2 aromatic carbocycles. The number of rotatable bonds is 4. The van der Waals surface area contributed by atoms with Crippen LogP contribution < -0.4 is 10.1 Å². The number of ether oxygens (including phenoxy) is 1. The van der Waals surface area contributed by atoms with E-state index in [1.54, 1.807) is 17.0 Å². The van der Waals surface area contributed by atoms with Crippen molar-refractivity contribution in [3.8, 4) is 5.75 Å². The van der Waals surface area contributed by atoms with Gasteiger partial charge in [-0.15, -0.1) is 0 Å². The van der Waals surface area contributed by atoms with E-state index in [0.717, 1.165) is 23.3 Å². The smallest absolute Gasteiger partial charge is 0.317 e. The summed E-state index contributed by atoms with van der Waals surface area (Å²) in [5.74, 6) is 0.537. The summed E-state index contributed by atoms with van der Waals surface area (Å²) < 4.78 is 18.7. The highest BCUT2D eigenvalue weighted by Crippen LogP contribution is 2.24. The van der Waals surface area contributed by atoms with E-state index in [1.165, 1.54) is 17.7 Å². The van der Waals surface area contributed by atoms with Crippen LogP contribution >= 0.6 is 0 Å². The molecule has 2 aromatic rings. The van der Waals surface area contributed by atoms with Gasteiger partial charge < -0.3 is 15.0 Å². The molecular formula is C19H21FN2O2. The number of carbonyl (C=O) groups is 1. The maximum absolute atomic E-state index is 13.2. The minimum atomic E-state index is -0.294. The van der Waals surface area contributed by atoms with Crippen LogP contribution in [-0.2, 0) is 19.5 Å². The van der Waals surface area contributed by atoms with Crippen LogP contribution in [0.15, 0.2) is 42.5 Å². The normalized spacial score (nSPS) is 13.3. The molecule has 5 heteroatoms. The van der Waals surface area contributed by atoms with Gasteiger partial charge in [-0.2, -0.15) is 0 Å². The zero-order chi connectivity index (χ0) is 16.9. The Labute approximate surface area is 141 Å². The van der Waals surface area contributed by atoms with E-state index in [4.69, 9.17) is 4.74 Å². The van der Waals surface area contributed by atoms with Gasteiger partial charge in [-0.3, -0.25) is 0 Å². The predicted molar refractivity (Wildman–Crippen MR) is 90.4 cm³/mol. The molecule has 0 atom stereocenters. The van der Waals surface area contributed by atoms with Crippen LogP contribution in [0, 0.1) is 5.82 Å². The average molecular weight is 328 g/mol. The van der Waals surface area contributed by atoms with Crippen LogP contribution in [-0.4, -0.2) is 24.1 Å². The highest BCUT2D eigenvalue weighted by Gasteiger charge is 2.20. The lowest BCUT2D eigenvalue weighted by Gasteiger charge is -2.29. The second-order valence-corrected chi connectivity index (χ2v) is 5.82. The van der Waals surface area contributed by atoms with E-state index in [9.17, 15) is 9.18 Å². The van der Waals surface area contributed by atoms with Crippen LogP contribution in [0.25, 0.3) is 0 Å². The molecule has 0 fully saturated rings. The van der Waals surface area contributed by atoms with E-state index >= 15 is 0 Å². The number of nitrogens with zero attached hydrogens (tertiary/aromatic N) is 1. The Kier molecular flexibility index (Phi) is 4.99. The molecule has 0 unspecified atom stereocenters. The molecule has 1 aliphatic rings. The number of amides is 2. The highest BCUT2D eigenvalue weighted by molar-refractivity contribution is 5.74. The van der Waals surface area contributed by atoms with Gasteiger partial charge in [0.2, 0.25) is 0 Å². The summed E-state index contributed by atoms with van der Waals surface area (Å²) in [6, 6.07) is 12.2. The zero-order valence-corrected chi connectivity index (χ0v) is 13.7.